The smallest absolute Gasteiger partial charge is 0.0312 e. The van der Waals surface area contributed by atoms with Crippen LogP contribution in [0.15, 0.2) is 24.5 Å². The van der Waals surface area contributed by atoms with E-state index in [9.17, 15) is 0 Å². The van der Waals surface area contributed by atoms with Gasteiger partial charge in [-0.3, -0.25) is 9.88 Å². The first-order valence-electron chi connectivity index (χ1n) is 6.35. The molecule has 2 rings (SSSR count). The molecule has 1 aliphatic rings. The number of aromatic nitrogens is 1. The summed E-state index contributed by atoms with van der Waals surface area (Å²) < 4.78 is 0. The molecule has 0 saturated carbocycles. The second-order valence-electron chi connectivity index (χ2n) is 4.68. The maximum absolute atomic E-state index is 4.11. The lowest BCUT2D eigenvalue weighted by Gasteiger charge is -2.32. The molecule has 1 aliphatic heterocycles. The van der Waals surface area contributed by atoms with Gasteiger partial charge in [0.25, 0.3) is 0 Å². The highest BCUT2D eigenvalue weighted by Crippen LogP contribution is 1.98. The van der Waals surface area contributed by atoms with Gasteiger partial charge in [-0.1, -0.05) is 6.07 Å². The van der Waals surface area contributed by atoms with E-state index in [0.29, 0.717) is 0 Å². The van der Waals surface area contributed by atoms with Gasteiger partial charge in [0.2, 0.25) is 0 Å². The van der Waals surface area contributed by atoms with Gasteiger partial charge >= 0.3 is 0 Å². The Labute approximate surface area is 104 Å². The van der Waals surface area contributed by atoms with Crippen molar-refractivity contribution in [1.82, 2.24) is 20.1 Å². The molecule has 17 heavy (non-hydrogen) atoms. The topological polar surface area (TPSA) is 31.4 Å². The van der Waals surface area contributed by atoms with Crippen LogP contribution in [0, 0.1) is 0 Å². The summed E-state index contributed by atoms with van der Waals surface area (Å²) in [5.41, 5.74) is 1.26. The first-order chi connectivity index (χ1) is 8.34. The number of likely N-dealkylation sites (N-methyl/N-ethyl adjacent to an activating group) is 1. The number of rotatable bonds is 5. The Morgan fingerprint density at radius 1 is 1.29 bits per heavy atom. The minimum Gasteiger partial charge on any atom is -0.311 e. The van der Waals surface area contributed by atoms with E-state index < -0.39 is 0 Å². The van der Waals surface area contributed by atoms with E-state index in [0.717, 1.165) is 19.6 Å². The Bertz CT molecular complexity index is 306. The normalized spacial score (nSPS) is 18.4. The number of nitrogens with one attached hydrogen (secondary N) is 1. The molecule has 0 aromatic carbocycles. The molecule has 4 nitrogen and oxygen atoms in total. The summed E-state index contributed by atoms with van der Waals surface area (Å²) in [6, 6.07) is 4.09. The van der Waals surface area contributed by atoms with Gasteiger partial charge in [0.1, 0.15) is 0 Å². The maximum atomic E-state index is 4.11. The van der Waals surface area contributed by atoms with Crippen molar-refractivity contribution in [2.75, 3.05) is 46.3 Å². The second-order valence-corrected chi connectivity index (χ2v) is 4.68. The summed E-state index contributed by atoms with van der Waals surface area (Å²) in [5, 5.41) is 3.46. The third-order valence-electron chi connectivity index (χ3n) is 3.25. The van der Waals surface area contributed by atoms with Crippen molar-refractivity contribution in [3.8, 4) is 0 Å². The largest absolute Gasteiger partial charge is 0.311 e. The lowest BCUT2D eigenvalue weighted by molar-refractivity contribution is 0.154. The van der Waals surface area contributed by atoms with Gasteiger partial charge in [-0.25, -0.2) is 0 Å². The van der Waals surface area contributed by atoms with Gasteiger partial charge < -0.3 is 10.2 Å². The Hall–Kier alpha value is -0.970. The van der Waals surface area contributed by atoms with Gasteiger partial charge in [0, 0.05) is 58.2 Å². The third-order valence-corrected chi connectivity index (χ3v) is 3.25. The minimum absolute atomic E-state index is 0.918. The van der Waals surface area contributed by atoms with E-state index in [-0.39, 0.29) is 0 Å². The van der Waals surface area contributed by atoms with Crippen LogP contribution in [0.3, 0.4) is 0 Å². The molecule has 0 amide bonds. The molecule has 0 spiro atoms. The fourth-order valence-electron chi connectivity index (χ4n) is 2.04. The van der Waals surface area contributed by atoms with Gasteiger partial charge in [-0.05, 0) is 18.7 Å². The standard InChI is InChI=1S/C13H22N4/c1-16-7-9-17(10-8-16)6-5-15-12-13-3-2-4-14-11-13/h2-4,11,15H,5-10,12H2,1H3. The predicted molar refractivity (Wildman–Crippen MR) is 69.9 cm³/mol. The van der Waals surface area contributed by atoms with E-state index in [2.05, 4.69) is 33.2 Å². The Morgan fingerprint density at radius 3 is 2.82 bits per heavy atom. The summed E-state index contributed by atoms with van der Waals surface area (Å²) in [4.78, 5) is 9.02. The third kappa shape index (κ3) is 4.42. The lowest BCUT2D eigenvalue weighted by atomic mass is 10.3. The van der Waals surface area contributed by atoms with Crippen LogP contribution in [0.25, 0.3) is 0 Å². The van der Waals surface area contributed by atoms with Crippen LogP contribution < -0.4 is 5.32 Å². The van der Waals surface area contributed by atoms with Crippen LogP contribution in [-0.2, 0) is 6.54 Å². The molecule has 1 aromatic heterocycles. The van der Waals surface area contributed by atoms with E-state index >= 15 is 0 Å². The predicted octanol–water partition coefficient (Wildman–Crippen LogP) is 0.419. The number of hydrogen-bond acceptors (Lipinski definition) is 4. The van der Waals surface area contributed by atoms with Crippen molar-refractivity contribution in [1.29, 1.82) is 0 Å². The van der Waals surface area contributed by atoms with Crippen molar-refractivity contribution in [3.05, 3.63) is 30.1 Å². The van der Waals surface area contributed by atoms with E-state index in [4.69, 9.17) is 0 Å². The van der Waals surface area contributed by atoms with E-state index in [1.54, 1.807) is 0 Å². The molecule has 1 saturated heterocycles. The van der Waals surface area contributed by atoms with Crippen LogP contribution in [-0.4, -0.2) is 61.1 Å². The molecule has 1 fully saturated rings. The van der Waals surface area contributed by atoms with Crippen molar-refractivity contribution < 1.29 is 0 Å². The highest BCUT2D eigenvalue weighted by molar-refractivity contribution is 5.07. The monoisotopic (exact) mass is 234 g/mol. The zero-order valence-corrected chi connectivity index (χ0v) is 10.6. The lowest BCUT2D eigenvalue weighted by Crippen LogP contribution is -2.46. The van der Waals surface area contributed by atoms with Gasteiger partial charge in [0.05, 0.1) is 0 Å². The molecule has 0 radical (unpaired) electrons. The van der Waals surface area contributed by atoms with Crippen molar-refractivity contribution in [2.45, 2.75) is 6.54 Å². The van der Waals surface area contributed by atoms with Crippen molar-refractivity contribution in [3.63, 3.8) is 0 Å². The summed E-state index contributed by atoms with van der Waals surface area (Å²) >= 11 is 0. The molecule has 0 atom stereocenters. The Morgan fingerprint density at radius 2 is 2.12 bits per heavy atom. The second kappa shape index (κ2) is 6.69. The van der Waals surface area contributed by atoms with Crippen LogP contribution in [0.5, 0.6) is 0 Å². The van der Waals surface area contributed by atoms with Crippen molar-refractivity contribution in [2.24, 2.45) is 0 Å². The summed E-state index contributed by atoms with van der Waals surface area (Å²) in [7, 11) is 2.19. The van der Waals surface area contributed by atoms with Crippen molar-refractivity contribution >= 4 is 0 Å². The molecule has 1 aromatic rings. The van der Waals surface area contributed by atoms with Crippen LogP contribution in [0.4, 0.5) is 0 Å². The first kappa shape index (κ1) is 12.5. The van der Waals surface area contributed by atoms with Crippen LogP contribution in [0.2, 0.25) is 0 Å². The molecule has 4 heteroatoms. The average Bonchev–Trinajstić information content (AvgIpc) is 2.38. The van der Waals surface area contributed by atoms with E-state index in [1.165, 1.54) is 31.7 Å². The number of nitrogens with zero attached hydrogens (tertiary/aromatic N) is 3. The summed E-state index contributed by atoms with van der Waals surface area (Å²) in [5.74, 6) is 0. The fraction of sp³-hybridized carbons (Fsp3) is 0.615. The highest BCUT2D eigenvalue weighted by atomic mass is 15.2. The number of pyridine rings is 1. The SMILES string of the molecule is CN1CCN(CCNCc2cccnc2)CC1. The van der Waals surface area contributed by atoms with Crippen LogP contribution in [0.1, 0.15) is 5.56 Å². The average molecular weight is 234 g/mol. The molecular formula is C13H22N4. The zero-order valence-electron chi connectivity index (χ0n) is 10.6. The number of piperazine rings is 1. The van der Waals surface area contributed by atoms with Gasteiger partial charge in [0.15, 0.2) is 0 Å². The fourth-order valence-corrected chi connectivity index (χ4v) is 2.04. The molecule has 94 valence electrons. The summed E-state index contributed by atoms with van der Waals surface area (Å²) in [6.07, 6.45) is 3.73. The molecular weight excluding hydrogens is 212 g/mol. The first-order valence-corrected chi connectivity index (χ1v) is 6.35. The molecule has 0 aliphatic carbocycles. The summed E-state index contributed by atoms with van der Waals surface area (Å²) in [6.45, 7) is 7.91. The zero-order chi connectivity index (χ0) is 11.9. The quantitative estimate of drug-likeness (QED) is 0.748. The van der Waals surface area contributed by atoms with E-state index in [1.807, 2.05) is 18.5 Å². The highest BCUT2D eigenvalue weighted by Gasteiger charge is 2.12. The van der Waals surface area contributed by atoms with Crippen LogP contribution >= 0.6 is 0 Å². The molecule has 0 bridgehead atoms. The number of hydrogen-bond donors (Lipinski definition) is 1. The Kier molecular flexibility index (Phi) is 4.91. The molecule has 2 heterocycles. The minimum atomic E-state index is 0.918. The van der Waals surface area contributed by atoms with Gasteiger partial charge in [-0.15, -0.1) is 0 Å². The van der Waals surface area contributed by atoms with Gasteiger partial charge in [-0.2, -0.15) is 0 Å². The Balaban J connectivity index is 1.57. The molecule has 0 unspecified atom stereocenters. The molecule has 1 N–H and O–H groups in total. The maximum Gasteiger partial charge on any atom is 0.0312 e.